The molecule has 8 heteroatoms. The lowest BCUT2D eigenvalue weighted by Crippen LogP contribution is -2.06. The predicted octanol–water partition coefficient (Wildman–Crippen LogP) is 4.50. The van der Waals surface area contributed by atoms with Gasteiger partial charge in [-0.3, -0.25) is 4.68 Å². The molecule has 0 amide bonds. The highest BCUT2D eigenvalue weighted by molar-refractivity contribution is 7.13. The summed E-state index contributed by atoms with van der Waals surface area (Å²) in [6.07, 6.45) is 3.63. The van der Waals surface area contributed by atoms with Gasteiger partial charge in [0.2, 0.25) is 0 Å². The predicted molar refractivity (Wildman–Crippen MR) is 115 cm³/mol. The SMILES string of the molecule is COc1ccc(Nc2nc(COC(=O)c3ccc(Cn4cccn4)cc3)cs2)cc1. The molecule has 4 aromatic rings. The van der Waals surface area contributed by atoms with Gasteiger partial charge in [-0.15, -0.1) is 11.3 Å². The lowest BCUT2D eigenvalue weighted by atomic mass is 10.1. The largest absolute Gasteiger partial charge is 0.497 e. The van der Waals surface area contributed by atoms with Crippen LogP contribution < -0.4 is 10.1 Å². The monoisotopic (exact) mass is 420 g/mol. The van der Waals surface area contributed by atoms with Crippen LogP contribution in [0.25, 0.3) is 0 Å². The van der Waals surface area contributed by atoms with Crippen LogP contribution in [0.2, 0.25) is 0 Å². The third kappa shape index (κ3) is 5.03. The van der Waals surface area contributed by atoms with Gasteiger partial charge in [-0.05, 0) is 48.0 Å². The Kier molecular flexibility index (Phi) is 6.05. The molecule has 0 bridgehead atoms. The van der Waals surface area contributed by atoms with Crippen LogP contribution in [-0.4, -0.2) is 27.8 Å². The Morgan fingerprint density at radius 1 is 1.13 bits per heavy atom. The maximum absolute atomic E-state index is 12.3. The van der Waals surface area contributed by atoms with E-state index in [1.54, 1.807) is 25.4 Å². The first kappa shape index (κ1) is 19.7. The Bertz CT molecular complexity index is 1090. The normalized spacial score (nSPS) is 10.6. The Morgan fingerprint density at radius 3 is 2.63 bits per heavy atom. The number of aromatic nitrogens is 3. The molecule has 1 N–H and O–H groups in total. The number of carbonyl (C=O) groups excluding carboxylic acids is 1. The van der Waals surface area contributed by atoms with Crippen molar-refractivity contribution >= 4 is 28.1 Å². The molecule has 0 radical (unpaired) electrons. The van der Waals surface area contributed by atoms with Gasteiger partial charge in [0.15, 0.2) is 5.13 Å². The van der Waals surface area contributed by atoms with Crippen LogP contribution in [0.15, 0.2) is 72.4 Å². The lowest BCUT2D eigenvalue weighted by molar-refractivity contribution is 0.0468. The minimum Gasteiger partial charge on any atom is -0.497 e. The standard InChI is InChI=1S/C22H20N4O3S/c1-28-20-9-7-18(8-10-20)24-22-25-19(15-30-22)14-29-21(27)17-5-3-16(4-6-17)13-26-12-2-11-23-26/h2-12,15H,13-14H2,1H3,(H,24,25). The van der Waals surface area contributed by atoms with Crippen LogP contribution in [0, 0.1) is 0 Å². The van der Waals surface area contributed by atoms with Crippen molar-refractivity contribution in [2.75, 3.05) is 12.4 Å². The van der Waals surface area contributed by atoms with E-state index in [2.05, 4.69) is 15.4 Å². The molecule has 0 saturated carbocycles. The zero-order valence-corrected chi connectivity index (χ0v) is 17.1. The summed E-state index contributed by atoms with van der Waals surface area (Å²) in [7, 11) is 1.63. The second-order valence-electron chi connectivity index (χ2n) is 6.47. The number of nitrogens with zero attached hydrogens (tertiary/aromatic N) is 3. The van der Waals surface area contributed by atoms with Crippen molar-refractivity contribution in [3.05, 3.63) is 89.2 Å². The fraction of sp³-hybridized carbons (Fsp3) is 0.136. The highest BCUT2D eigenvalue weighted by Crippen LogP contribution is 2.23. The van der Waals surface area contributed by atoms with E-state index in [0.717, 1.165) is 22.1 Å². The van der Waals surface area contributed by atoms with Crippen LogP contribution >= 0.6 is 11.3 Å². The second-order valence-corrected chi connectivity index (χ2v) is 7.33. The van der Waals surface area contributed by atoms with Gasteiger partial charge in [-0.2, -0.15) is 5.10 Å². The lowest BCUT2D eigenvalue weighted by Gasteiger charge is -2.06. The van der Waals surface area contributed by atoms with Crippen LogP contribution in [0.4, 0.5) is 10.8 Å². The van der Waals surface area contributed by atoms with Gasteiger partial charge in [0.05, 0.1) is 24.9 Å². The summed E-state index contributed by atoms with van der Waals surface area (Å²) in [6.45, 7) is 0.778. The molecule has 0 aliphatic rings. The maximum atomic E-state index is 12.3. The number of nitrogens with one attached hydrogen (secondary N) is 1. The molecular weight excluding hydrogens is 400 g/mol. The van der Waals surface area contributed by atoms with Gasteiger partial charge in [0.25, 0.3) is 0 Å². The quantitative estimate of drug-likeness (QED) is 0.423. The van der Waals surface area contributed by atoms with Gasteiger partial charge in [-0.1, -0.05) is 12.1 Å². The minimum absolute atomic E-state index is 0.120. The third-order valence-electron chi connectivity index (χ3n) is 4.34. The minimum atomic E-state index is -0.377. The first-order valence-electron chi connectivity index (χ1n) is 9.28. The van der Waals surface area contributed by atoms with Crippen molar-refractivity contribution in [3.8, 4) is 5.75 Å². The maximum Gasteiger partial charge on any atom is 0.338 e. The number of hydrogen-bond donors (Lipinski definition) is 1. The Morgan fingerprint density at radius 2 is 1.93 bits per heavy atom. The molecule has 0 saturated heterocycles. The van der Waals surface area contributed by atoms with E-state index in [0.29, 0.717) is 17.8 Å². The number of rotatable bonds is 8. The molecule has 152 valence electrons. The number of carbonyl (C=O) groups is 1. The van der Waals surface area contributed by atoms with Crippen LogP contribution in [0.5, 0.6) is 5.75 Å². The summed E-state index contributed by atoms with van der Waals surface area (Å²) in [5.41, 5.74) is 3.17. The average molecular weight is 420 g/mol. The summed E-state index contributed by atoms with van der Waals surface area (Å²) in [6, 6.07) is 16.8. The number of hydrogen-bond acceptors (Lipinski definition) is 7. The third-order valence-corrected chi connectivity index (χ3v) is 5.14. The molecular formula is C22H20N4O3S. The Hall–Kier alpha value is -3.65. The first-order valence-corrected chi connectivity index (χ1v) is 10.2. The second kappa shape index (κ2) is 9.23. The molecule has 0 fully saturated rings. The van der Waals surface area contributed by atoms with Crippen molar-refractivity contribution in [1.29, 1.82) is 0 Å². The summed E-state index contributed by atoms with van der Waals surface area (Å²) in [4.78, 5) is 16.8. The Labute approximate surface area is 177 Å². The zero-order chi connectivity index (χ0) is 20.8. The fourth-order valence-electron chi connectivity index (χ4n) is 2.78. The van der Waals surface area contributed by atoms with Gasteiger partial charge in [0, 0.05) is 23.5 Å². The van der Waals surface area contributed by atoms with E-state index in [-0.39, 0.29) is 12.6 Å². The molecule has 0 unspecified atom stereocenters. The van der Waals surface area contributed by atoms with E-state index in [4.69, 9.17) is 9.47 Å². The van der Waals surface area contributed by atoms with Crippen molar-refractivity contribution in [1.82, 2.24) is 14.8 Å². The number of thiazole rings is 1. The summed E-state index contributed by atoms with van der Waals surface area (Å²) in [5.74, 6) is 0.417. The van der Waals surface area contributed by atoms with Crippen molar-refractivity contribution in [2.24, 2.45) is 0 Å². The highest BCUT2D eigenvalue weighted by atomic mass is 32.1. The van der Waals surface area contributed by atoms with Crippen LogP contribution in [0.3, 0.4) is 0 Å². The number of esters is 1. The van der Waals surface area contributed by atoms with Crippen molar-refractivity contribution in [2.45, 2.75) is 13.2 Å². The molecule has 0 aliphatic heterocycles. The molecule has 7 nitrogen and oxygen atoms in total. The molecule has 2 aromatic heterocycles. The van der Waals surface area contributed by atoms with Gasteiger partial charge < -0.3 is 14.8 Å². The number of methoxy groups -OCH3 is 1. The van der Waals surface area contributed by atoms with E-state index in [1.807, 2.05) is 58.7 Å². The molecule has 0 aliphatic carbocycles. The molecule has 2 aromatic carbocycles. The Balaban J connectivity index is 1.29. The van der Waals surface area contributed by atoms with E-state index < -0.39 is 0 Å². The number of benzene rings is 2. The van der Waals surface area contributed by atoms with Gasteiger partial charge >= 0.3 is 5.97 Å². The first-order chi connectivity index (χ1) is 14.7. The summed E-state index contributed by atoms with van der Waals surface area (Å²) < 4.78 is 12.4. The van der Waals surface area contributed by atoms with Gasteiger partial charge in [-0.25, -0.2) is 9.78 Å². The average Bonchev–Trinajstić information content (AvgIpc) is 3.45. The zero-order valence-electron chi connectivity index (χ0n) is 16.3. The smallest absolute Gasteiger partial charge is 0.338 e. The molecule has 2 heterocycles. The van der Waals surface area contributed by atoms with E-state index in [9.17, 15) is 4.79 Å². The van der Waals surface area contributed by atoms with Crippen LogP contribution in [0.1, 0.15) is 21.6 Å². The van der Waals surface area contributed by atoms with Crippen molar-refractivity contribution in [3.63, 3.8) is 0 Å². The number of anilines is 2. The fourth-order valence-corrected chi connectivity index (χ4v) is 3.49. The van der Waals surface area contributed by atoms with E-state index >= 15 is 0 Å². The molecule has 4 rings (SSSR count). The number of ether oxygens (including phenoxy) is 2. The van der Waals surface area contributed by atoms with E-state index in [1.165, 1.54) is 11.3 Å². The summed E-state index contributed by atoms with van der Waals surface area (Å²) >= 11 is 1.45. The topological polar surface area (TPSA) is 78.3 Å². The molecule has 0 atom stereocenters. The summed E-state index contributed by atoms with van der Waals surface area (Å²) in [5, 5.41) is 10.00. The van der Waals surface area contributed by atoms with Gasteiger partial charge in [0.1, 0.15) is 12.4 Å². The molecule has 30 heavy (non-hydrogen) atoms. The van der Waals surface area contributed by atoms with Crippen LogP contribution in [-0.2, 0) is 17.9 Å². The van der Waals surface area contributed by atoms with Crippen molar-refractivity contribution < 1.29 is 14.3 Å². The molecule has 0 spiro atoms. The highest BCUT2D eigenvalue weighted by Gasteiger charge is 2.10.